The molecule has 0 spiro atoms. The number of hydrogen-bond acceptors (Lipinski definition) is 5. The Bertz CT molecular complexity index is 448. The summed E-state index contributed by atoms with van der Waals surface area (Å²) < 4.78 is 17.7. The lowest BCUT2D eigenvalue weighted by molar-refractivity contribution is 0.412. The smallest absolute Gasteiger partial charge is 0.224 e. The summed E-state index contributed by atoms with van der Waals surface area (Å²) in [6, 6.07) is 1.66. The first-order chi connectivity index (χ1) is 7.25. The van der Waals surface area contributed by atoms with E-state index >= 15 is 0 Å². The van der Waals surface area contributed by atoms with Crippen LogP contribution in [-0.2, 0) is 6.54 Å². The maximum Gasteiger partial charge on any atom is 0.224 e. The summed E-state index contributed by atoms with van der Waals surface area (Å²) >= 11 is 5.51. The van der Waals surface area contributed by atoms with Gasteiger partial charge in [0, 0.05) is 6.07 Å². The summed E-state index contributed by atoms with van der Waals surface area (Å²) in [6.45, 7) is 0.306. The molecule has 0 unspecified atom stereocenters. The number of nitrogens with zero attached hydrogens (tertiary/aromatic N) is 3. The number of halogens is 2. The summed E-state index contributed by atoms with van der Waals surface area (Å²) in [4.78, 5) is 7.17. The molecule has 0 amide bonds. The number of anilines is 1. The van der Waals surface area contributed by atoms with Crippen LogP contribution in [0.25, 0.3) is 0 Å². The minimum Gasteiger partial charge on any atom is -0.364 e. The van der Waals surface area contributed by atoms with Gasteiger partial charge in [-0.1, -0.05) is 5.16 Å². The molecule has 0 aliphatic heterocycles. The molecule has 2 rings (SSSR count). The highest BCUT2D eigenvalue weighted by Gasteiger charge is 2.05. The van der Waals surface area contributed by atoms with Crippen molar-refractivity contribution in [1.82, 2.24) is 15.1 Å². The molecule has 0 aliphatic rings. The number of aromatic nitrogens is 3. The van der Waals surface area contributed by atoms with Crippen LogP contribution >= 0.6 is 11.6 Å². The Labute approximate surface area is 89.3 Å². The number of rotatable bonds is 3. The lowest BCUT2D eigenvalue weighted by atomic mass is 10.4. The average Bonchev–Trinajstić information content (AvgIpc) is 2.72. The molecule has 7 heteroatoms. The van der Waals surface area contributed by atoms with Gasteiger partial charge in [-0.2, -0.15) is 4.98 Å². The zero-order chi connectivity index (χ0) is 10.7. The van der Waals surface area contributed by atoms with Crippen LogP contribution in [0.4, 0.5) is 10.2 Å². The van der Waals surface area contributed by atoms with Gasteiger partial charge in [-0.25, -0.2) is 9.37 Å². The van der Waals surface area contributed by atoms with Crippen LogP contribution in [0.3, 0.4) is 0 Å². The molecule has 0 saturated carbocycles. The molecule has 0 aromatic carbocycles. The van der Waals surface area contributed by atoms with Crippen LogP contribution in [0, 0.1) is 5.82 Å². The van der Waals surface area contributed by atoms with Gasteiger partial charge in [-0.05, 0) is 11.6 Å². The van der Waals surface area contributed by atoms with Gasteiger partial charge >= 0.3 is 0 Å². The van der Waals surface area contributed by atoms with E-state index in [4.69, 9.17) is 11.6 Å². The quantitative estimate of drug-likeness (QED) is 0.813. The topological polar surface area (TPSA) is 63.8 Å². The van der Waals surface area contributed by atoms with Gasteiger partial charge < -0.3 is 9.84 Å². The van der Waals surface area contributed by atoms with E-state index < -0.39 is 5.82 Å². The summed E-state index contributed by atoms with van der Waals surface area (Å²) in [5.41, 5.74) is 0.643. The van der Waals surface area contributed by atoms with Crippen LogP contribution < -0.4 is 5.32 Å². The third-order valence-electron chi connectivity index (χ3n) is 1.64. The van der Waals surface area contributed by atoms with Crippen LogP contribution in [-0.4, -0.2) is 15.1 Å². The predicted octanol–water partition coefficient (Wildman–Crippen LogP) is 1.87. The Hall–Kier alpha value is -1.69. The molecule has 0 saturated heterocycles. The summed E-state index contributed by atoms with van der Waals surface area (Å²) in [6.07, 6.45) is 2.43. The average molecular weight is 229 g/mol. The van der Waals surface area contributed by atoms with E-state index in [9.17, 15) is 4.39 Å². The van der Waals surface area contributed by atoms with Crippen molar-refractivity contribution < 1.29 is 8.91 Å². The first kappa shape index (κ1) is 9.85. The van der Waals surface area contributed by atoms with Crippen LogP contribution in [0.2, 0.25) is 5.28 Å². The molecule has 5 nitrogen and oxygen atoms in total. The van der Waals surface area contributed by atoms with Gasteiger partial charge in [-0.3, -0.25) is 0 Å². The van der Waals surface area contributed by atoms with Crippen molar-refractivity contribution in [1.29, 1.82) is 0 Å². The van der Waals surface area contributed by atoms with E-state index in [-0.39, 0.29) is 11.1 Å². The van der Waals surface area contributed by atoms with Gasteiger partial charge in [0.25, 0.3) is 0 Å². The zero-order valence-electron chi connectivity index (χ0n) is 7.44. The summed E-state index contributed by atoms with van der Waals surface area (Å²) in [5, 5.41) is 6.36. The molecule has 15 heavy (non-hydrogen) atoms. The lowest BCUT2D eigenvalue weighted by Crippen LogP contribution is -2.04. The predicted molar refractivity (Wildman–Crippen MR) is 50.8 cm³/mol. The zero-order valence-corrected chi connectivity index (χ0v) is 8.20. The van der Waals surface area contributed by atoms with E-state index in [1.165, 1.54) is 6.26 Å². The van der Waals surface area contributed by atoms with Crippen molar-refractivity contribution in [3.05, 3.63) is 35.3 Å². The molecule has 2 aromatic rings. The summed E-state index contributed by atoms with van der Waals surface area (Å²) in [7, 11) is 0. The first-order valence-corrected chi connectivity index (χ1v) is 4.44. The molecular formula is C8H6ClFN4O. The fraction of sp³-hybridized carbons (Fsp3) is 0.125. The van der Waals surface area contributed by atoms with Gasteiger partial charge in [0.1, 0.15) is 12.0 Å². The van der Waals surface area contributed by atoms with Crippen LogP contribution in [0.15, 0.2) is 23.0 Å². The fourth-order valence-corrected chi connectivity index (χ4v) is 1.11. The third-order valence-corrected chi connectivity index (χ3v) is 1.83. The van der Waals surface area contributed by atoms with Gasteiger partial charge in [0.05, 0.1) is 12.7 Å². The van der Waals surface area contributed by atoms with Crippen LogP contribution in [0.1, 0.15) is 5.69 Å². The highest BCUT2D eigenvalue weighted by Crippen LogP contribution is 2.12. The van der Waals surface area contributed by atoms with E-state index in [1.807, 2.05) is 0 Å². The van der Waals surface area contributed by atoms with Crippen molar-refractivity contribution in [3.63, 3.8) is 0 Å². The van der Waals surface area contributed by atoms with Crippen molar-refractivity contribution >= 4 is 17.4 Å². The molecule has 78 valence electrons. The second-order valence-corrected chi connectivity index (χ2v) is 3.02. The van der Waals surface area contributed by atoms with E-state index in [2.05, 4.69) is 25.0 Å². The fourth-order valence-electron chi connectivity index (χ4n) is 0.973. The van der Waals surface area contributed by atoms with E-state index in [1.54, 1.807) is 6.07 Å². The SMILES string of the molecule is Fc1cnc(Cl)nc1NCc1ccon1. The molecule has 0 fully saturated rings. The van der Waals surface area contributed by atoms with Crippen molar-refractivity contribution in [3.8, 4) is 0 Å². The molecular weight excluding hydrogens is 223 g/mol. The lowest BCUT2D eigenvalue weighted by Gasteiger charge is -2.03. The minimum absolute atomic E-state index is 0.0148. The van der Waals surface area contributed by atoms with Crippen molar-refractivity contribution in [2.24, 2.45) is 0 Å². The Morgan fingerprint density at radius 3 is 3.13 bits per heavy atom. The second kappa shape index (κ2) is 4.22. The maximum atomic E-state index is 13.1. The summed E-state index contributed by atoms with van der Waals surface area (Å²) in [5.74, 6) is -0.527. The Balaban J connectivity index is 2.07. The highest BCUT2D eigenvalue weighted by molar-refractivity contribution is 6.28. The molecule has 0 aliphatic carbocycles. The molecule has 0 bridgehead atoms. The molecule has 2 aromatic heterocycles. The van der Waals surface area contributed by atoms with Gasteiger partial charge in [-0.15, -0.1) is 0 Å². The van der Waals surface area contributed by atoms with Crippen LogP contribution in [0.5, 0.6) is 0 Å². The minimum atomic E-state index is -0.567. The standard InChI is InChI=1S/C8H6ClFN4O/c9-8-12-4-6(10)7(13-8)11-3-5-1-2-15-14-5/h1-2,4H,3H2,(H,11,12,13). The van der Waals surface area contributed by atoms with Gasteiger partial charge in [0.2, 0.25) is 5.28 Å². The number of nitrogens with one attached hydrogen (secondary N) is 1. The molecule has 2 heterocycles. The molecule has 0 radical (unpaired) electrons. The van der Waals surface area contributed by atoms with Crippen molar-refractivity contribution in [2.45, 2.75) is 6.54 Å². The van der Waals surface area contributed by atoms with E-state index in [0.29, 0.717) is 12.2 Å². The Morgan fingerprint density at radius 1 is 1.53 bits per heavy atom. The Morgan fingerprint density at radius 2 is 2.40 bits per heavy atom. The Kier molecular flexibility index (Phi) is 2.77. The molecule has 0 atom stereocenters. The first-order valence-electron chi connectivity index (χ1n) is 4.07. The largest absolute Gasteiger partial charge is 0.364 e. The van der Waals surface area contributed by atoms with E-state index in [0.717, 1.165) is 6.20 Å². The number of hydrogen-bond donors (Lipinski definition) is 1. The van der Waals surface area contributed by atoms with Crippen molar-refractivity contribution in [2.75, 3.05) is 5.32 Å². The third kappa shape index (κ3) is 2.41. The monoisotopic (exact) mass is 228 g/mol. The molecule has 1 N–H and O–H groups in total. The maximum absolute atomic E-state index is 13.1. The highest BCUT2D eigenvalue weighted by atomic mass is 35.5. The van der Waals surface area contributed by atoms with Gasteiger partial charge in [0.15, 0.2) is 11.6 Å². The normalized spacial score (nSPS) is 10.3. The second-order valence-electron chi connectivity index (χ2n) is 2.68.